The van der Waals surface area contributed by atoms with Crippen molar-refractivity contribution >= 4 is 23.3 Å². The van der Waals surface area contributed by atoms with Crippen molar-refractivity contribution in [3.8, 4) is 0 Å². The Kier molecular flexibility index (Phi) is 6.31. The molecule has 1 rings (SSSR count). The molecule has 0 aliphatic carbocycles. The molecule has 0 saturated carbocycles. The van der Waals surface area contributed by atoms with Crippen LogP contribution in [0.1, 0.15) is 49.6 Å². The summed E-state index contributed by atoms with van der Waals surface area (Å²) in [5.41, 5.74) is 0. The van der Waals surface area contributed by atoms with Crippen molar-refractivity contribution in [2.45, 2.75) is 52.4 Å². The van der Waals surface area contributed by atoms with E-state index >= 15 is 0 Å². The summed E-state index contributed by atoms with van der Waals surface area (Å²) in [4.78, 5) is 0. The minimum absolute atomic E-state index is 1.15. The molecule has 0 aliphatic rings. The molecule has 0 N–H and O–H groups in total. The lowest BCUT2D eigenvalue weighted by Crippen LogP contribution is -1.83. The Bertz CT molecular complexity index is 230. The molecule has 0 fully saturated rings. The van der Waals surface area contributed by atoms with E-state index in [-0.39, 0.29) is 0 Å². The van der Waals surface area contributed by atoms with Crippen molar-refractivity contribution in [2.75, 3.05) is 0 Å². The molecule has 0 spiro atoms. The molecule has 1 heterocycles. The Morgan fingerprint density at radius 1 is 1.08 bits per heavy atom. The second-order valence-corrected chi connectivity index (χ2v) is 9.12. The van der Waals surface area contributed by atoms with Gasteiger partial charge in [-0.3, -0.25) is 0 Å². The van der Waals surface area contributed by atoms with Gasteiger partial charge in [-0.05, 0) is 46.1 Å². The van der Waals surface area contributed by atoms with Crippen molar-refractivity contribution in [1.29, 1.82) is 0 Å². The highest BCUT2D eigenvalue weighted by atomic mass is 32.1. The fourth-order valence-electron chi connectivity index (χ4n) is 1.44. The quantitative estimate of drug-likeness (QED) is 0.552. The van der Waals surface area contributed by atoms with Crippen LogP contribution in [0.15, 0.2) is 0 Å². The maximum Gasteiger partial charge on any atom is -0.00883 e. The van der Waals surface area contributed by atoms with Crippen LogP contribution in [0.2, 0.25) is 0 Å². The molecule has 0 radical (unpaired) electrons. The summed E-state index contributed by atoms with van der Waals surface area (Å²) < 4.78 is 0. The monoisotopic (exact) mass is 232 g/mol. The first-order chi connectivity index (χ1) is 6.34. The predicted molar refractivity (Wildman–Crippen MR) is 68.2 cm³/mol. The van der Waals surface area contributed by atoms with Crippen molar-refractivity contribution < 1.29 is 0 Å². The van der Waals surface area contributed by atoms with Crippen molar-refractivity contribution in [1.82, 2.24) is 0 Å². The molecule has 0 bridgehead atoms. The summed E-state index contributed by atoms with van der Waals surface area (Å²) in [7, 11) is 4.42. The van der Waals surface area contributed by atoms with Gasteiger partial charge in [-0.25, -0.2) is 0 Å². The second kappa shape index (κ2) is 7.00. The van der Waals surface area contributed by atoms with E-state index in [2.05, 4.69) is 13.8 Å². The van der Waals surface area contributed by atoms with Crippen molar-refractivity contribution in [3.05, 3.63) is 10.6 Å². The van der Waals surface area contributed by atoms with E-state index in [9.17, 15) is 0 Å². The summed E-state index contributed by atoms with van der Waals surface area (Å²) in [6.07, 6.45) is 8.49. The van der Waals surface area contributed by atoms with Crippen molar-refractivity contribution in [2.24, 2.45) is 0 Å². The van der Waals surface area contributed by atoms with Crippen LogP contribution in [0.4, 0.5) is 0 Å². The highest BCUT2D eigenvalue weighted by Crippen LogP contribution is 2.41. The number of aryl methyl sites for hydroxylation is 2. The molecule has 0 nitrogen and oxygen atoms in total. The van der Waals surface area contributed by atoms with Gasteiger partial charge in [0.05, 0.1) is 0 Å². The molecule has 1 aromatic heterocycles. The lowest BCUT2D eigenvalue weighted by Gasteiger charge is -1.99. The zero-order valence-corrected chi connectivity index (χ0v) is 11.4. The van der Waals surface area contributed by atoms with E-state index in [0.29, 0.717) is 0 Å². The maximum atomic E-state index is 2.32. The van der Waals surface area contributed by atoms with Gasteiger partial charge in [0, 0.05) is 0 Å². The third kappa shape index (κ3) is 4.60. The van der Waals surface area contributed by atoms with Crippen LogP contribution in [0.3, 0.4) is 0 Å². The van der Waals surface area contributed by atoms with Gasteiger partial charge in [0.15, 0.2) is 0 Å². The highest BCUT2D eigenvalue weighted by molar-refractivity contribution is 8.17. The van der Waals surface area contributed by atoms with Crippen LogP contribution in [0.5, 0.6) is 0 Å². The predicted octanol–water partition coefficient (Wildman–Crippen LogP) is 5.70. The fraction of sp³-hybridized carbons (Fsp3) is 0.800. The molecular formula is C10H19P3. The average Bonchev–Trinajstić information content (AvgIpc) is 2.52. The van der Waals surface area contributed by atoms with E-state index in [0.717, 1.165) is 7.55 Å². The van der Waals surface area contributed by atoms with E-state index in [1.807, 2.05) is 0 Å². The molecule has 1 aromatic rings. The molecule has 13 heavy (non-hydrogen) atoms. The van der Waals surface area contributed by atoms with Crippen LogP contribution in [-0.4, -0.2) is 0 Å². The third-order valence-corrected chi connectivity index (χ3v) is 8.36. The lowest BCUT2D eigenvalue weighted by atomic mass is 10.1. The Balaban J connectivity index is 2.10. The molecule has 0 amide bonds. The first-order valence-electron chi connectivity index (χ1n) is 5.21. The molecule has 1 unspecified atom stereocenters. The Hall–Kier alpha value is 0.640. The summed E-state index contributed by atoms with van der Waals surface area (Å²) >= 11 is 0. The van der Waals surface area contributed by atoms with E-state index in [1.165, 1.54) is 38.5 Å². The molecule has 0 saturated heterocycles. The van der Waals surface area contributed by atoms with Crippen LogP contribution in [-0.2, 0) is 6.42 Å². The van der Waals surface area contributed by atoms with Gasteiger partial charge in [0.2, 0.25) is 0 Å². The summed E-state index contributed by atoms with van der Waals surface area (Å²) in [6.45, 7) is 4.60. The number of hydrogen-bond donors (Lipinski definition) is 0. The van der Waals surface area contributed by atoms with Crippen LogP contribution in [0.25, 0.3) is 0 Å². The Morgan fingerprint density at radius 3 is 2.46 bits per heavy atom. The molecule has 0 aliphatic heterocycles. The first-order valence-corrected chi connectivity index (χ1v) is 9.68. The van der Waals surface area contributed by atoms with Crippen molar-refractivity contribution in [3.63, 3.8) is 0 Å². The molecule has 1 atom stereocenters. The fourth-order valence-corrected chi connectivity index (χ4v) is 8.39. The van der Waals surface area contributed by atoms with Gasteiger partial charge in [-0.1, -0.05) is 40.2 Å². The summed E-state index contributed by atoms with van der Waals surface area (Å²) in [5.74, 6) is 0. The molecule has 3 heteroatoms. The van der Waals surface area contributed by atoms with Crippen LogP contribution >= 0.6 is 23.3 Å². The van der Waals surface area contributed by atoms with Gasteiger partial charge in [0.1, 0.15) is 0 Å². The zero-order valence-electron chi connectivity index (χ0n) is 8.64. The van der Waals surface area contributed by atoms with E-state index < -0.39 is 0 Å². The van der Waals surface area contributed by atoms with Gasteiger partial charge in [-0.2, -0.15) is 0 Å². The minimum atomic E-state index is 1.15. The van der Waals surface area contributed by atoms with E-state index in [4.69, 9.17) is 0 Å². The normalized spacial score (nSPS) is 12.5. The highest BCUT2D eigenvalue weighted by Gasteiger charge is 1.98. The number of hydrogen-bond acceptors (Lipinski definition) is 0. The topological polar surface area (TPSA) is 0 Å². The second-order valence-electron chi connectivity index (χ2n) is 3.52. The maximum absolute atomic E-state index is 2.32. The SMILES string of the molecule is CCCCCCCc1p[pH]pc1C. The average molecular weight is 232 g/mol. The number of rotatable bonds is 6. The van der Waals surface area contributed by atoms with Gasteiger partial charge < -0.3 is 0 Å². The molecule has 0 aromatic carbocycles. The summed E-state index contributed by atoms with van der Waals surface area (Å²) in [6, 6.07) is 0. The Morgan fingerprint density at radius 2 is 1.85 bits per heavy atom. The lowest BCUT2D eigenvalue weighted by molar-refractivity contribution is 0.634. The smallest absolute Gasteiger partial charge is 0.00883 e. The largest absolute Gasteiger partial charge is 0.0813 e. The minimum Gasteiger partial charge on any atom is -0.0813 e. The van der Waals surface area contributed by atoms with Crippen LogP contribution in [0, 0.1) is 6.92 Å². The standard InChI is InChI=1S/C10H19P3/c1-3-4-5-6-7-8-10-9(2)11-13-12-10/h13H,3-8H2,1-2H3. The van der Waals surface area contributed by atoms with Crippen LogP contribution < -0.4 is 0 Å². The van der Waals surface area contributed by atoms with Gasteiger partial charge in [-0.15, -0.1) is 0 Å². The Labute approximate surface area is 86.6 Å². The molecule has 74 valence electrons. The van der Waals surface area contributed by atoms with Gasteiger partial charge >= 0.3 is 0 Å². The zero-order chi connectivity index (χ0) is 9.52. The number of unbranched alkanes of at least 4 members (excludes halogenated alkanes) is 4. The third-order valence-electron chi connectivity index (χ3n) is 2.34. The van der Waals surface area contributed by atoms with Gasteiger partial charge in [0.25, 0.3) is 0 Å². The molecular weight excluding hydrogens is 213 g/mol. The summed E-state index contributed by atoms with van der Waals surface area (Å²) in [5, 5.41) is 3.44. The first kappa shape index (κ1) is 11.7. The van der Waals surface area contributed by atoms with E-state index in [1.54, 1.807) is 26.3 Å².